The third kappa shape index (κ3) is 9.56. The van der Waals surface area contributed by atoms with Gasteiger partial charge in [-0.25, -0.2) is 0 Å². The highest BCUT2D eigenvalue weighted by atomic mass is 19.1. The Morgan fingerprint density at radius 3 is 1.98 bits per heavy atom. The molecule has 3 aliphatic heterocycles. The highest BCUT2D eigenvalue weighted by molar-refractivity contribution is 5.83. The Bertz CT molecular complexity index is 1110. The molecule has 3 rings (SSSR count). The molecule has 0 radical (unpaired) electrons. The monoisotopic (exact) mass is 686 g/mol. The van der Waals surface area contributed by atoms with E-state index in [1.165, 1.54) is 6.92 Å². The van der Waals surface area contributed by atoms with Gasteiger partial charge in [0.15, 0.2) is 12.6 Å². The number of hydrogen-bond donors (Lipinski definition) is 11. The predicted octanol–water partition coefficient (Wildman–Crippen LogP) is -6.92. The van der Waals surface area contributed by atoms with Crippen LogP contribution in [0.4, 0.5) is 4.39 Å². The van der Waals surface area contributed by atoms with Gasteiger partial charge in [0.25, 0.3) is 0 Å². The maximum absolute atomic E-state index is 13.9. The summed E-state index contributed by atoms with van der Waals surface area (Å²) in [6.07, 6.45) is -21.8. The second kappa shape index (κ2) is 16.7. The first-order valence-electron chi connectivity index (χ1n) is 14.7. The molecular weight excluding hydrogens is 643 g/mol. The van der Waals surface area contributed by atoms with Crippen LogP contribution in [0.5, 0.6) is 0 Å². The van der Waals surface area contributed by atoms with E-state index >= 15 is 0 Å². The van der Waals surface area contributed by atoms with Crippen molar-refractivity contribution >= 4 is 23.8 Å². The normalized spacial score (nSPS) is 41.5. The largest absolute Gasteiger partial charge is 0.394 e. The van der Waals surface area contributed by atoms with Gasteiger partial charge in [-0.15, -0.1) is 0 Å². The minimum absolute atomic E-state index is 0.694. The standard InChI is InChI=1S/C26H43FN4O16/c1-7-16(36)20(40)21(41)26(44-7)43-6-12-22(47-25-15(30-9(3)34)18(38)17(37)11(5-32)46-25)19(39)14(29-8(2)33)24(45-12)31-10(23(27)42)4-13(28)35/h7,10-12,14-22,24-26,31-32,36-41H,4-6H2,1-3H3,(H2,28,35)(H,29,33)(H,30,34)/t7?,10-,11?,12?,14?,15?,16?,17+,18+,19+,20+,21?,22+,24-,25-,26+/m0/s1. The minimum atomic E-state index is -2.04. The van der Waals surface area contributed by atoms with E-state index in [2.05, 4.69) is 16.0 Å². The van der Waals surface area contributed by atoms with E-state index in [1.807, 2.05) is 0 Å². The average molecular weight is 687 g/mol. The van der Waals surface area contributed by atoms with Crippen molar-refractivity contribution in [2.24, 2.45) is 5.73 Å². The quantitative estimate of drug-likeness (QED) is 0.0802. The summed E-state index contributed by atoms with van der Waals surface area (Å²) in [7, 11) is 0. The summed E-state index contributed by atoms with van der Waals surface area (Å²) in [6, 6.07) is -7.00. The van der Waals surface area contributed by atoms with Crippen LogP contribution >= 0.6 is 0 Å². The van der Waals surface area contributed by atoms with E-state index in [0.717, 1.165) is 13.8 Å². The summed E-state index contributed by atoms with van der Waals surface area (Å²) in [5, 5.41) is 80.0. The molecule has 0 aliphatic carbocycles. The molecule has 47 heavy (non-hydrogen) atoms. The summed E-state index contributed by atoms with van der Waals surface area (Å²) in [5.41, 5.74) is 5.13. The zero-order chi connectivity index (χ0) is 35.3. The second-order valence-electron chi connectivity index (χ2n) is 11.6. The van der Waals surface area contributed by atoms with E-state index in [-0.39, 0.29) is 0 Å². The predicted molar refractivity (Wildman–Crippen MR) is 148 cm³/mol. The van der Waals surface area contributed by atoms with Crippen molar-refractivity contribution in [1.29, 1.82) is 0 Å². The lowest BCUT2D eigenvalue weighted by atomic mass is 9.93. The molecule has 3 heterocycles. The first-order chi connectivity index (χ1) is 22.0. The van der Waals surface area contributed by atoms with Gasteiger partial charge in [0, 0.05) is 13.8 Å². The van der Waals surface area contributed by atoms with Crippen LogP contribution < -0.4 is 21.7 Å². The number of halogens is 1. The molecule has 3 amide bonds. The zero-order valence-electron chi connectivity index (χ0n) is 25.6. The van der Waals surface area contributed by atoms with E-state index < -0.39 is 141 Å². The molecule has 12 N–H and O–H groups in total. The SMILES string of the molecule is CC(=O)NC1[C@H](O[C@@H]2C(CO[C@@H]3OC(C)C(O)[C@@H](O)C3O)O[C@H](N[C@@H](CC(N)=O)C(=O)F)C(NC(C)=O)[C@H]2O)OC(CO)[C@@H](O)[C@@H]1O. The molecular formula is C26H43FN4O16. The van der Waals surface area contributed by atoms with Crippen molar-refractivity contribution in [3.8, 4) is 0 Å². The van der Waals surface area contributed by atoms with Crippen molar-refractivity contribution in [2.45, 2.75) is 125 Å². The maximum atomic E-state index is 13.9. The zero-order valence-corrected chi connectivity index (χ0v) is 25.6. The van der Waals surface area contributed by atoms with E-state index in [1.54, 1.807) is 0 Å². The van der Waals surface area contributed by atoms with Gasteiger partial charge in [0.2, 0.25) is 17.7 Å². The summed E-state index contributed by atoms with van der Waals surface area (Å²) in [6.45, 7) is 2.01. The van der Waals surface area contributed by atoms with E-state index in [0.29, 0.717) is 0 Å². The van der Waals surface area contributed by atoms with E-state index in [9.17, 15) is 59.3 Å². The summed E-state index contributed by atoms with van der Waals surface area (Å²) < 4.78 is 42.4. The molecule has 21 heteroatoms. The van der Waals surface area contributed by atoms with Crippen LogP contribution in [0.1, 0.15) is 27.2 Å². The fourth-order valence-corrected chi connectivity index (χ4v) is 5.48. The molecule has 3 fully saturated rings. The molecule has 16 atom stereocenters. The van der Waals surface area contributed by atoms with Crippen LogP contribution in [0.2, 0.25) is 0 Å². The van der Waals surface area contributed by atoms with Crippen LogP contribution in [0.3, 0.4) is 0 Å². The lowest BCUT2D eigenvalue weighted by molar-refractivity contribution is -0.330. The lowest BCUT2D eigenvalue weighted by Gasteiger charge is -2.49. The van der Waals surface area contributed by atoms with Crippen molar-refractivity contribution in [2.75, 3.05) is 13.2 Å². The van der Waals surface area contributed by atoms with Gasteiger partial charge in [0.1, 0.15) is 73.2 Å². The van der Waals surface area contributed by atoms with Gasteiger partial charge in [0.05, 0.1) is 31.8 Å². The fourth-order valence-electron chi connectivity index (χ4n) is 5.48. The van der Waals surface area contributed by atoms with Gasteiger partial charge < -0.3 is 75.8 Å². The number of aliphatic hydroxyl groups excluding tert-OH is 7. The Labute approximate surface area is 267 Å². The molecule has 270 valence electrons. The second-order valence-corrected chi connectivity index (χ2v) is 11.6. The number of nitrogens with two attached hydrogens (primary N) is 1. The molecule has 7 unspecified atom stereocenters. The number of nitrogens with one attached hydrogen (secondary N) is 3. The third-order valence-corrected chi connectivity index (χ3v) is 7.91. The Kier molecular flexibility index (Phi) is 13.9. The molecule has 3 aliphatic rings. The lowest BCUT2D eigenvalue weighted by Crippen LogP contribution is -2.71. The number of hydrogen-bond acceptors (Lipinski definition) is 17. The molecule has 0 saturated carbocycles. The first-order valence-corrected chi connectivity index (χ1v) is 14.7. The van der Waals surface area contributed by atoms with Crippen molar-refractivity contribution in [3.05, 3.63) is 0 Å². The molecule has 0 aromatic carbocycles. The summed E-state index contributed by atoms with van der Waals surface area (Å²) in [4.78, 5) is 47.2. The number of carbonyl (C=O) groups is 4. The molecule has 0 bridgehead atoms. The number of carbonyl (C=O) groups excluding carboxylic acids is 4. The molecule has 0 aromatic heterocycles. The van der Waals surface area contributed by atoms with Gasteiger partial charge in [-0.2, -0.15) is 4.39 Å². The van der Waals surface area contributed by atoms with Gasteiger partial charge in [-0.3, -0.25) is 24.5 Å². The van der Waals surface area contributed by atoms with Crippen LogP contribution in [0.25, 0.3) is 0 Å². The number of amides is 3. The third-order valence-electron chi connectivity index (χ3n) is 7.91. The molecule has 3 saturated heterocycles. The molecule has 20 nitrogen and oxygen atoms in total. The average Bonchev–Trinajstić information content (AvgIpc) is 2.99. The van der Waals surface area contributed by atoms with Crippen LogP contribution in [-0.4, -0.2) is 171 Å². The van der Waals surface area contributed by atoms with Crippen LogP contribution in [0, 0.1) is 0 Å². The molecule has 0 aromatic rings. The summed E-state index contributed by atoms with van der Waals surface area (Å²) >= 11 is 0. The van der Waals surface area contributed by atoms with Gasteiger partial charge in [-0.1, -0.05) is 0 Å². The van der Waals surface area contributed by atoms with Crippen molar-refractivity contribution in [3.63, 3.8) is 0 Å². The Balaban J connectivity index is 1.99. The van der Waals surface area contributed by atoms with Gasteiger partial charge in [-0.05, 0) is 6.92 Å². The van der Waals surface area contributed by atoms with Crippen molar-refractivity contribution in [1.82, 2.24) is 16.0 Å². The maximum Gasteiger partial charge on any atom is 0.318 e. The minimum Gasteiger partial charge on any atom is -0.394 e. The molecule has 0 spiro atoms. The van der Waals surface area contributed by atoms with Gasteiger partial charge >= 0.3 is 6.04 Å². The Morgan fingerprint density at radius 1 is 0.809 bits per heavy atom. The number of rotatable bonds is 13. The fraction of sp³-hybridized carbons (Fsp3) is 0.846. The Morgan fingerprint density at radius 2 is 1.43 bits per heavy atom. The topological polar surface area (TPSA) is 318 Å². The highest BCUT2D eigenvalue weighted by Gasteiger charge is 2.53. The van der Waals surface area contributed by atoms with Crippen LogP contribution in [0.15, 0.2) is 0 Å². The smallest absolute Gasteiger partial charge is 0.318 e. The highest BCUT2D eigenvalue weighted by Crippen LogP contribution is 2.31. The van der Waals surface area contributed by atoms with E-state index in [4.69, 9.17) is 29.4 Å². The van der Waals surface area contributed by atoms with Crippen LogP contribution in [-0.2, 0) is 42.9 Å². The number of ether oxygens (including phenoxy) is 5. The Hall–Kier alpha value is -2.51. The number of aliphatic hydroxyl groups is 7. The first kappa shape index (κ1) is 38.9. The number of primary amides is 1. The van der Waals surface area contributed by atoms with Crippen molar-refractivity contribution < 1.29 is 83.0 Å². The summed E-state index contributed by atoms with van der Waals surface area (Å²) in [5.74, 6) is -2.53.